The third-order valence-corrected chi connectivity index (χ3v) is 9.23. The lowest BCUT2D eigenvalue weighted by atomic mass is 9.81. The van der Waals surface area contributed by atoms with Crippen molar-refractivity contribution in [1.82, 2.24) is 30.3 Å². The second-order valence-electron chi connectivity index (χ2n) is 12.6. The summed E-state index contributed by atoms with van der Waals surface area (Å²) in [5, 5.41) is 9.69. The van der Waals surface area contributed by atoms with Crippen molar-refractivity contribution >= 4 is 28.6 Å². The molecule has 3 fully saturated rings. The fourth-order valence-corrected chi connectivity index (χ4v) is 6.49. The number of nitrogens with zero attached hydrogens (tertiary/aromatic N) is 5. The van der Waals surface area contributed by atoms with Gasteiger partial charge in [-0.15, -0.1) is 0 Å². The summed E-state index contributed by atoms with van der Waals surface area (Å²) < 4.78 is 47.3. The molecule has 2 aromatic heterocycles. The highest BCUT2D eigenvalue weighted by molar-refractivity contribution is 5.94. The Labute approximate surface area is 252 Å². The number of carbonyl (C=O) groups excluding carboxylic acids is 3. The Balaban J connectivity index is 1.28. The van der Waals surface area contributed by atoms with Gasteiger partial charge in [0, 0.05) is 30.0 Å². The topological polar surface area (TPSA) is 123 Å². The summed E-state index contributed by atoms with van der Waals surface area (Å²) >= 11 is 0. The molecule has 5 rings (SSSR count). The van der Waals surface area contributed by atoms with Crippen LogP contribution in [0.3, 0.4) is 0 Å². The summed E-state index contributed by atoms with van der Waals surface area (Å²) in [6.45, 7) is 7.32. The fourth-order valence-electron chi connectivity index (χ4n) is 6.49. The molecule has 0 bridgehead atoms. The Kier molecular flexibility index (Phi) is 8.10. The highest BCUT2D eigenvalue weighted by Gasteiger charge is 2.69. The predicted molar refractivity (Wildman–Crippen MR) is 153 cm³/mol. The molecule has 3 heterocycles. The molecule has 2 aromatic rings. The number of carbonyl (C=O) groups is 3. The van der Waals surface area contributed by atoms with Gasteiger partial charge in [-0.2, -0.15) is 18.3 Å². The normalized spacial score (nSPS) is 24.0. The number of hydrogen-bond acceptors (Lipinski definition) is 6. The van der Waals surface area contributed by atoms with Gasteiger partial charge in [0.05, 0.1) is 29.3 Å². The van der Waals surface area contributed by atoms with E-state index in [1.54, 1.807) is 30.2 Å². The van der Waals surface area contributed by atoms with Crippen molar-refractivity contribution in [2.24, 2.45) is 24.3 Å². The largest absolute Gasteiger partial charge is 0.471 e. The standard InChI is InChI=1S/C30H34F3N7O4/c1-17(44-29(4)9-6-10-29)23(37-27(43)30(31,32)33)26(42)40-16-19-22(28(19,2)3)24(40)25(41)36-14-13-34-12-8-20-18-7-11-35-15-21(18)39(5)38-20/h7,11,15,17,19,22-24H,6,9-10,14,16H2,1-5H3,(H-,36,37,41,43)/p+1/t17-,19+,22+,23+,24+/m1/s1. The maximum atomic E-state index is 13.8. The molecule has 44 heavy (non-hydrogen) atoms. The van der Waals surface area contributed by atoms with Crippen LogP contribution in [0.15, 0.2) is 18.5 Å². The van der Waals surface area contributed by atoms with Gasteiger partial charge in [-0.05, 0) is 56.4 Å². The number of alkyl halides is 3. The molecule has 0 unspecified atom stereocenters. The molecule has 5 atom stereocenters. The molecular formula is C30H35F3N7O4+. The Morgan fingerprint density at radius 2 is 1.98 bits per heavy atom. The van der Waals surface area contributed by atoms with Crippen molar-refractivity contribution in [2.75, 3.05) is 13.1 Å². The van der Waals surface area contributed by atoms with Gasteiger partial charge in [0.15, 0.2) is 12.2 Å². The number of nitrogens with one attached hydrogen (secondary N) is 2. The second kappa shape index (κ2) is 11.4. The molecule has 1 saturated heterocycles. The smallest absolute Gasteiger partial charge is 0.370 e. The molecule has 1 aliphatic heterocycles. The lowest BCUT2D eigenvalue weighted by molar-refractivity contribution is -0.180. The van der Waals surface area contributed by atoms with Crippen molar-refractivity contribution in [3.63, 3.8) is 0 Å². The quantitative estimate of drug-likeness (QED) is 0.365. The second-order valence-corrected chi connectivity index (χ2v) is 12.6. The Bertz CT molecular complexity index is 1610. The first-order chi connectivity index (χ1) is 20.6. The van der Waals surface area contributed by atoms with Gasteiger partial charge in [-0.3, -0.25) is 24.0 Å². The third-order valence-electron chi connectivity index (χ3n) is 9.23. The van der Waals surface area contributed by atoms with E-state index in [0.29, 0.717) is 18.5 Å². The number of ether oxygens (including phenoxy) is 1. The van der Waals surface area contributed by atoms with Crippen LogP contribution in [-0.4, -0.2) is 80.4 Å². The van der Waals surface area contributed by atoms with Crippen LogP contribution in [0.25, 0.3) is 15.7 Å². The van der Waals surface area contributed by atoms with E-state index < -0.39 is 47.7 Å². The number of halogens is 3. The van der Waals surface area contributed by atoms with Crippen LogP contribution < -0.4 is 10.6 Å². The van der Waals surface area contributed by atoms with Crippen molar-refractivity contribution < 1.29 is 32.3 Å². The molecule has 2 saturated carbocycles. The van der Waals surface area contributed by atoms with E-state index in [0.717, 1.165) is 17.3 Å². The van der Waals surface area contributed by atoms with E-state index >= 15 is 0 Å². The number of piperidine rings is 1. The molecule has 3 amide bonds. The maximum Gasteiger partial charge on any atom is 0.471 e. The molecule has 234 valence electrons. The lowest BCUT2D eigenvalue weighted by Gasteiger charge is -2.43. The molecule has 2 N–H and O–H groups in total. The van der Waals surface area contributed by atoms with Gasteiger partial charge in [0.25, 0.3) is 0 Å². The van der Waals surface area contributed by atoms with Gasteiger partial charge in [0.1, 0.15) is 12.1 Å². The summed E-state index contributed by atoms with van der Waals surface area (Å²) in [5.74, 6) is -0.896. The summed E-state index contributed by atoms with van der Waals surface area (Å²) in [5.41, 5.74) is 0.492. The van der Waals surface area contributed by atoms with Gasteiger partial charge in [-0.25, -0.2) is 0 Å². The number of fused-ring (bicyclic) bond motifs is 2. The first-order valence-electron chi connectivity index (χ1n) is 14.5. The van der Waals surface area contributed by atoms with Crippen molar-refractivity contribution in [3.05, 3.63) is 29.0 Å². The van der Waals surface area contributed by atoms with Crippen molar-refractivity contribution in [2.45, 2.75) is 76.9 Å². The van der Waals surface area contributed by atoms with Gasteiger partial charge >= 0.3 is 24.2 Å². The van der Waals surface area contributed by atoms with Crippen LogP contribution in [0.1, 0.15) is 52.7 Å². The zero-order valence-corrected chi connectivity index (χ0v) is 25.2. The molecule has 14 heteroatoms. The zero-order chi connectivity index (χ0) is 32.0. The van der Waals surface area contributed by atoms with Gasteiger partial charge in [0.2, 0.25) is 11.8 Å². The number of amides is 3. The van der Waals surface area contributed by atoms with E-state index in [1.807, 2.05) is 26.1 Å². The molecular weight excluding hydrogens is 579 g/mol. The van der Waals surface area contributed by atoms with Crippen LogP contribution in [0, 0.1) is 35.3 Å². The summed E-state index contributed by atoms with van der Waals surface area (Å²) in [6.07, 6.45) is -0.655. The number of rotatable bonds is 7. The highest BCUT2D eigenvalue weighted by atomic mass is 19.4. The summed E-state index contributed by atoms with van der Waals surface area (Å²) in [7, 11) is 1.78. The monoisotopic (exact) mass is 614 g/mol. The van der Waals surface area contributed by atoms with Gasteiger partial charge < -0.3 is 20.3 Å². The SMILES string of the molecule is C[C@@H](OC1(C)CCC1)[C@H](NC(=O)C(F)(F)F)C(=O)N1C[C@H]2[C@@H]([C@H]1C(=O)NCC#[N+]C#Cc1nn(C)c3cnccc13)C2(C)C. The van der Waals surface area contributed by atoms with Crippen LogP contribution in [0.5, 0.6) is 0 Å². The van der Waals surface area contributed by atoms with Crippen molar-refractivity contribution in [3.8, 4) is 18.0 Å². The molecule has 0 aromatic carbocycles. The van der Waals surface area contributed by atoms with Crippen LogP contribution in [-0.2, 0) is 26.2 Å². The van der Waals surface area contributed by atoms with Crippen LogP contribution in [0.2, 0.25) is 0 Å². The Morgan fingerprint density at radius 3 is 2.64 bits per heavy atom. The maximum absolute atomic E-state index is 13.8. The molecule has 3 aliphatic rings. The zero-order valence-electron chi connectivity index (χ0n) is 25.2. The molecule has 11 nitrogen and oxygen atoms in total. The minimum atomic E-state index is -5.19. The summed E-state index contributed by atoms with van der Waals surface area (Å²) in [6, 6.07) is 4.47. The van der Waals surface area contributed by atoms with E-state index in [9.17, 15) is 27.6 Å². The summed E-state index contributed by atoms with van der Waals surface area (Å²) in [4.78, 5) is 48.4. The average Bonchev–Trinajstić information content (AvgIpc) is 3.24. The van der Waals surface area contributed by atoms with Crippen LogP contribution >= 0.6 is 0 Å². The number of likely N-dealkylation sites (tertiary alicyclic amines) is 1. The van der Waals surface area contributed by atoms with E-state index in [-0.39, 0.29) is 30.3 Å². The van der Waals surface area contributed by atoms with E-state index in [1.165, 1.54) is 11.8 Å². The predicted octanol–water partition coefficient (Wildman–Crippen LogP) is 2.60. The number of hydrogen-bond donors (Lipinski definition) is 2. The first-order valence-corrected chi connectivity index (χ1v) is 14.5. The lowest BCUT2D eigenvalue weighted by Crippen LogP contribution is -2.61. The first kappa shape index (κ1) is 31.3. The third kappa shape index (κ3) is 5.95. The van der Waals surface area contributed by atoms with Gasteiger partial charge in [-0.1, -0.05) is 13.8 Å². The van der Waals surface area contributed by atoms with E-state index in [2.05, 4.69) is 38.3 Å². The Morgan fingerprint density at radius 1 is 1.25 bits per heavy atom. The highest BCUT2D eigenvalue weighted by Crippen LogP contribution is 2.65. The fraction of sp³-hybridized carbons (Fsp3) is 0.600. The minimum Gasteiger partial charge on any atom is -0.370 e. The molecule has 2 aliphatic carbocycles. The number of aromatic nitrogens is 3. The van der Waals surface area contributed by atoms with Crippen LogP contribution in [0.4, 0.5) is 13.2 Å². The van der Waals surface area contributed by atoms with E-state index in [4.69, 9.17) is 4.74 Å². The minimum absolute atomic E-state index is 0.0200. The molecule has 0 spiro atoms. The number of aryl methyl sites for hydroxylation is 1. The Hall–Kier alpha value is -4.17. The average molecular weight is 615 g/mol. The van der Waals surface area contributed by atoms with Crippen molar-refractivity contribution in [1.29, 1.82) is 0 Å². The molecule has 0 radical (unpaired) electrons. The number of pyridine rings is 1.